The molecule has 0 aliphatic rings. The molecule has 1 aromatic carbocycles. The maximum absolute atomic E-state index is 12.3. The maximum atomic E-state index is 12.3. The lowest BCUT2D eigenvalue weighted by molar-refractivity contribution is 0.411. The van der Waals surface area contributed by atoms with E-state index < -0.39 is 10.0 Å². The molecule has 0 unspecified atom stereocenters. The van der Waals surface area contributed by atoms with Gasteiger partial charge in [-0.05, 0) is 43.0 Å². The van der Waals surface area contributed by atoms with E-state index in [9.17, 15) is 8.42 Å². The molecule has 120 valence electrons. The van der Waals surface area contributed by atoms with Crippen LogP contribution >= 0.6 is 0 Å². The van der Waals surface area contributed by atoms with Gasteiger partial charge in [0.2, 0.25) is 10.0 Å². The summed E-state index contributed by atoms with van der Waals surface area (Å²) in [5, 5.41) is 0. The standard InChI is InChI=1S/C16H27NO3S/c1-5-7-8-14(6-2)12-17-21(18,19)15-9-10-16(20-4)13(3)11-15/h9-11,14,17H,5-8,12H2,1-4H3/t14-/m0/s1. The van der Waals surface area contributed by atoms with E-state index >= 15 is 0 Å². The molecule has 1 atom stereocenters. The molecule has 0 amide bonds. The van der Waals surface area contributed by atoms with E-state index in [4.69, 9.17) is 4.74 Å². The first-order valence-electron chi connectivity index (χ1n) is 7.58. The lowest BCUT2D eigenvalue weighted by atomic mass is 10.00. The van der Waals surface area contributed by atoms with Crippen molar-refractivity contribution in [3.05, 3.63) is 23.8 Å². The monoisotopic (exact) mass is 313 g/mol. The molecule has 0 bridgehead atoms. The van der Waals surface area contributed by atoms with E-state index in [1.54, 1.807) is 25.3 Å². The Balaban J connectivity index is 2.74. The van der Waals surface area contributed by atoms with Gasteiger partial charge in [0, 0.05) is 6.54 Å². The third-order valence-electron chi connectivity index (χ3n) is 3.78. The van der Waals surface area contributed by atoms with Gasteiger partial charge in [0.25, 0.3) is 0 Å². The van der Waals surface area contributed by atoms with Crippen LogP contribution in [0.25, 0.3) is 0 Å². The highest BCUT2D eigenvalue weighted by atomic mass is 32.2. The smallest absolute Gasteiger partial charge is 0.240 e. The molecule has 1 aromatic rings. The van der Waals surface area contributed by atoms with E-state index in [-0.39, 0.29) is 0 Å². The highest BCUT2D eigenvalue weighted by molar-refractivity contribution is 7.89. The molecule has 0 aliphatic carbocycles. The van der Waals surface area contributed by atoms with Crippen LogP contribution in [-0.4, -0.2) is 22.1 Å². The van der Waals surface area contributed by atoms with E-state index in [1.807, 2.05) is 6.92 Å². The Labute approximate surface area is 129 Å². The zero-order chi connectivity index (χ0) is 15.9. The Morgan fingerprint density at radius 1 is 1.29 bits per heavy atom. The van der Waals surface area contributed by atoms with Gasteiger partial charge < -0.3 is 4.74 Å². The summed E-state index contributed by atoms with van der Waals surface area (Å²) in [4.78, 5) is 0.297. The molecule has 5 heteroatoms. The minimum Gasteiger partial charge on any atom is -0.496 e. The van der Waals surface area contributed by atoms with Crippen molar-refractivity contribution in [1.29, 1.82) is 0 Å². The summed E-state index contributed by atoms with van der Waals surface area (Å²) in [6.07, 6.45) is 4.34. The normalized spacial score (nSPS) is 13.1. The second-order valence-electron chi connectivity index (χ2n) is 5.40. The molecule has 0 radical (unpaired) electrons. The zero-order valence-electron chi connectivity index (χ0n) is 13.5. The number of ether oxygens (including phenoxy) is 1. The number of nitrogens with one attached hydrogen (secondary N) is 1. The molecular formula is C16H27NO3S. The summed E-state index contributed by atoms with van der Waals surface area (Å²) in [7, 11) is -1.87. The van der Waals surface area contributed by atoms with Crippen molar-refractivity contribution >= 4 is 10.0 Å². The minimum atomic E-state index is -3.44. The van der Waals surface area contributed by atoms with Gasteiger partial charge in [-0.25, -0.2) is 13.1 Å². The van der Waals surface area contributed by atoms with Crippen molar-refractivity contribution in [3.8, 4) is 5.75 Å². The summed E-state index contributed by atoms with van der Waals surface area (Å²) in [5.74, 6) is 1.10. The van der Waals surface area contributed by atoms with Crippen LogP contribution in [0.1, 0.15) is 45.1 Å². The predicted molar refractivity (Wildman–Crippen MR) is 86.2 cm³/mol. The van der Waals surface area contributed by atoms with Crippen LogP contribution in [-0.2, 0) is 10.0 Å². The summed E-state index contributed by atoms with van der Waals surface area (Å²) in [6.45, 7) is 6.60. The van der Waals surface area contributed by atoms with Crippen LogP contribution < -0.4 is 9.46 Å². The van der Waals surface area contributed by atoms with E-state index in [0.717, 1.165) is 31.2 Å². The van der Waals surface area contributed by atoms with Crippen LogP contribution in [0.15, 0.2) is 23.1 Å². The highest BCUT2D eigenvalue weighted by Crippen LogP contribution is 2.21. The van der Waals surface area contributed by atoms with Gasteiger partial charge in [0.15, 0.2) is 0 Å². The third-order valence-corrected chi connectivity index (χ3v) is 5.20. The number of sulfonamides is 1. The topological polar surface area (TPSA) is 55.4 Å². The number of hydrogen-bond acceptors (Lipinski definition) is 3. The number of aryl methyl sites for hydroxylation is 1. The molecular weight excluding hydrogens is 286 g/mol. The van der Waals surface area contributed by atoms with Gasteiger partial charge in [0.1, 0.15) is 5.75 Å². The SMILES string of the molecule is CCCC[C@H](CC)CNS(=O)(=O)c1ccc(OC)c(C)c1. The molecule has 0 saturated carbocycles. The second kappa shape index (κ2) is 8.39. The Hall–Kier alpha value is -1.07. The largest absolute Gasteiger partial charge is 0.496 e. The Morgan fingerprint density at radius 3 is 2.52 bits per heavy atom. The van der Waals surface area contributed by atoms with Gasteiger partial charge in [-0.15, -0.1) is 0 Å². The lowest BCUT2D eigenvalue weighted by Crippen LogP contribution is -2.29. The Kier molecular flexibility index (Phi) is 7.18. The van der Waals surface area contributed by atoms with Gasteiger partial charge >= 0.3 is 0 Å². The Morgan fingerprint density at radius 2 is 2.00 bits per heavy atom. The second-order valence-corrected chi connectivity index (χ2v) is 7.17. The fourth-order valence-electron chi connectivity index (χ4n) is 2.27. The number of benzene rings is 1. The molecule has 0 aliphatic heterocycles. The van der Waals surface area contributed by atoms with Crippen molar-refractivity contribution in [2.24, 2.45) is 5.92 Å². The van der Waals surface area contributed by atoms with Gasteiger partial charge in [-0.1, -0.05) is 33.1 Å². The first kappa shape index (κ1) is 18.0. The fourth-order valence-corrected chi connectivity index (χ4v) is 3.47. The van der Waals surface area contributed by atoms with Crippen LogP contribution in [0.5, 0.6) is 5.75 Å². The van der Waals surface area contributed by atoms with Crippen molar-refractivity contribution in [1.82, 2.24) is 4.72 Å². The van der Waals surface area contributed by atoms with Gasteiger partial charge in [-0.3, -0.25) is 0 Å². The number of methoxy groups -OCH3 is 1. The van der Waals surface area contributed by atoms with E-state index in [1.165, 1.54) is 0 Å². The molecule has 0 aromatic heterocycles. The average molecular weight is 313 g/mol. The number of unbranched alkanes of at least 4 members (excludes halogenated alkanes) is 1. The average Bonchev–Trinajstić information content (AvgIpc) is 2.47. The van der Waals surface area contributed by atoms with E-state index in [2.05, 4.69) is 18.6 Å². The summed E-state index contributed by atoms with van der Waals surface area (Å²) in [6, 6.07) is 4.92. The minimum absolute atomic E-state index is 0.297. The van der Waals surface area contributed by atoms with Crippen molar-refractivity contribution in [3.63, 3.8) is 0 Å². The van der Waals surface area contributed by atoms with Crippen LogP contribution in [0.4, 0.5) is 0 Å². The van der Waals surface area contributed by atoms with Crippen molar-refractivity contribution < 1.29 is 13.2 Å². The lowest BCUT2D eigenvalue weighted by Gasteiger charge is -2.16. The molecule has 0 saturated heterocycles. The molecule has 0 heterocycles. The fraction of sp³-hybridized carbons (Fsp3) is 0.625. The quantitative estimate of drug-likeness (QED) is 0.759. The van der Waals surface area contributed by atoms with Crippen LogP contribution in [0.2, 0.25) is 0 Å². The molecule has 0 spiro atoms. The molecule has 0 fully saturated rings. The number of rotatable bonds is 9. The molecule has 21 heavy (non-hydrogen) atoms. The van der Waals surface area contributed by atoms with Crippen LogP contribution in [0, 0.1) is 12.8 Å². The maximum Gasteiger partial charge on any atom is 0.240 e. The molecule has 4 nitrogen and oxygen atoms in total. The predicted octanol–water partition coefficient (Wildman–Crippen LogP) is 3.50. The summed E-state index contributed by atoms with van der Waals surface area (Å²) >= 11 is 0. The first-order chi connectivity index (χ1) is 9.94. The van der Waals surface area contributed by atoms with Crippen LogP contribution in [0.3, 0.4) is 0 Å². The molecule has 1 rings (SSSR count). The number of hydrogen-bond donors (Lipinski definition) is 1. The molecule has 1 N–H and O–H groups in total. The summed E-state index contributed by atoms with van der Waals surface area (Å²) in [5.41, 5.74) is 0.818. The highest BCUT2D eigenvalue weighted by Gasteiger charge is 2.17. The van der Waals surface area contributed by atoms with Gasteiger partial charge in [-0.2, -0.15) is 0 Å². The summed E-state index contributed by atoms with van der Waals surface area (Å²) < 4.78 is 32.5. The Bertz CT molecular complexity index is 540. The van der Waals surface area contributed by atoms with Crippen molar-refractivity contribution in [2.45, 2.75) is 51.3 Å². The van der Waals surface area contributed by atoms with E-state index in [0.29, 0.717) is 23.1 Å². The zero-order valence-corrected chi connectivity index (χ0v) is 14.3. The third kappa shape index (κ3) is 5.32. The van der Waals surface area contributed by atoms with Crippen molar-refractivity contribution in [2.75, 3.05) is 13.7 Å². The first-order valence-corrected chi connectivity index (χ1v) is 9.07. The van der Waals surface area contributed by atoms with Gasteiger partial charge in [0.05, 0.1) is 12.0 Å².